The highest BCUT2D eigenvalue weighted by Gasteiger charge is 2.05. The molecule has 0 amide bonds. The van der Waals surface area contributed by atoms with Crippen LogP contribution in [0.4, 0.5) is 0 Å². The molecule has 0 aromatic carbocycles. The van der Waals surface area contributed by atoms with E-state index in [2.05, 4.69) is 16.0 Å². The van der Waals surface area contributed by atoms with Crippen LogP contribution in [-0.4, -0.2) is 17.4 Å². The Morgan fingerprint density at radius 2 is 1.40 bits per heavy atom. The summed E-state index contributed by atoms with van der Waals surface area (Å²) in [6.07, 6.45) is 6.96. The van der Waals surface area contributed by atoms with E-state index in [4.69, 9.17) is 0 Å². The SMILES string of the molecule is SSN1CCCCCCC1. The minimum absolute atomic E-state index is 1.23. The van der Waals surface area contributed by atoms with Crippen LogP contribution >= 0.6 is 22.6 Å². The summed E-state index contributed by atoms with van der Waals surface area (Å²) >= 11 is 4.19. The van der Waals surface area contributed by atoms with Gasteiger partial charge >= 0.3 is 0 Å². The highest BCUT2D eigenvalue weighted by atomic mass is 33.1. The van der Waals surface area contributed by atoms with Crippen molar-refractivity contribution >= 4 is 22.6 Å². The van der Waals surface area contributed by atoms with Gasteiger partial charge in [-0.05, 0) is 23.8 Å². The molecule has 1 rings (SSSR count). The first-order chi connectivity index (χ1) is 4.93. The van der Waals surface area contributed by atoms with E-state index in [9.17, 15) is 0 Å². The van der Waals surface area contributed by atoms with Crippen molar-refractivity contribution in [3.8, 4) is 0 Å². The topological polar surface area (TPSA) is 3.24 Å². The highest BCUT2D eigenvalue weighted by Crippen LogP contribution is 2.19. The maximum atomic E-state index is 4.19. The van der Waals surface area contributed by atoms with Crippen LogP contribution in [0.1, 0.15) is 32.1 Å². The molecule has 0 bridgehead atoms. The van der Waals surface area contributed by atoms with E-state index >= 15 is 0 Å². The second kappa shape index (κ2) is 5.33. The molecular formula is C7H15NS2. The minimum Gasteiger partial charge on any atom is -0.241 e. The quantitative estimate of drug-likeness (QED) is 0.373. The number of nitrogens with zero attached hydrogens (tertiary/aromatic N) is 1. The number of rotatable bonds is 1. The fraction of sp³-hybridized carbons (Fsp3) is 1.00. The van der Waals surface area contributed by atoms with Crippen molar-refractivity contribution in [3.05, 3.63) is 0 Å². The maximum Gasteiger partial charge on any atom is 0.00971 e. The van der Waals surface area contributed by atoms with Gasteiger partial charge in [0.1, 0.15) is 0 Å². The van der Waals surface area contributed by atoms with E-state index < -0.39 is 0 Å². The lowest BCUT2D eigenvalue weighted by atomic mass is 10.1. The molecule has 1 heterocycles. The molecule has 60 valence electrons. The summed E-state index contributed by atoms with van der Waals surface area (Å²) < 4.78 is 2.35. The zero-order chi connectivity index (χ0) is 7.23. The van der Waals surface area contributed by atoms with Gasteiger partial charge in [-0.3, -0.25) is 0 Å². The number of hydrogen-bond donors (Lipinski definition) is 1. The molecule has 0 radical (unpaired) electrons. The molecule has 0 spiro atoms. The number of hydrogen-bond acceptors (Lipinski definition) is 3. The Labute approximate surface area is 72.5 Å². The Bertz CT molecular complexity index is 79.7. The summed E-state index contributed by atoms with van der Waals surface area (Å²) in [6, 6.07) is 0. The molecule has 0 aliphatic carbocycles. The van der Waals surface area contributed by atoms with Crippen molar-refractivity contribution in [3.63, 3.8) is 0 Å². The molecular weight excluding hydrogens is 162 g/mol. The Morgan fingerprint density at radius 1 is 0.900 bits per heavy atom. The number of thiol groups is 1. The lowest BCUT2D eigenvalue weighted by Gasteiger charge is -2.20. The van der Waals surface area contributed by atoms with Crippen LogP contribution in [0.2, 0.25) is 0 Å². The van der Waals surface area contributed by atoms with Crippen LogP contribution in [0.3, 0.4) is 0 Å². The van der Waals surface area contributed by atoms with Crippen LogP contribution in [0.25, 0.3) is 0 Å². The second-order valence-corrected chi connectivity index (χ2v) is 3.95. The Balaban J connectivity index is 2.16. The first-order valence-electron chi connectivity index (χ1n) is 4.00. The second-order valence-electron chi connectivity index (χ2n) is 2.78. The molecule has 3 heteroatoms. The highest BCUT2D eigenvalue weighted by molar-refractivity contribution is 8.67. The molecule has 1 fully saturated rings. The van der Waals surface area contributed by atoms with Crippen LogP contribution in [0.15, 0.2) is 0 Å². The average Bonchev–Trinajstić information content (AvgIpc) is 1.87. The summed E-state index contributed by atoms with van der Waals surface area (Å²) in [4.78, 5) is 0. The molecule has 1 aliphatic heterocycles. The van der Waals surface area contributed by atoms with E-state index in [1.807, 2.05) is 0 Å². The first kappa shape index (κ1) is 8.75. The predicted molar refractivity (Wildman–Crippen MR) is 51.2 cm³/mol. The van der Waals surface area contributed by atoms with Gasteiger partial charge in [-0.1, -0.05) is 30.9 Å². The van der Waals surface area contributed by atoms with Crippen molar-refractivity contribution in [1.82, 2.24) is 4.31 Å². The molecule has 10 heavy (non-hydrogen) atoms. The molecule has 0 N–H and O–H groups in total. The average molecular weight is 177 g/mol. The fourth-order valence-electron chi connectivity index (χ4n) is 1.30. The van der Waals surface area contributed by atoms with Crippen molar-refractivity contribution in [1.29, 1.82) is 0 Å². The zero-order valence-electron chi connectivity index (χ0n) is 6.25. The van der Waals surface area contributed by atoms with Crippen LogP contribution in [0, 0.1) is 0 Å². The van der Waals surface area contributed by atoms with Gasteiger partial charge in [-0.2, -0.15) is 0 Å². The molecule has 0 atom stereocenters. The molecule has 0 unspecified atom stereocenters. The normalized spacial score (nSPS) is 23.7. The smallest absolute Gasteiger partial charge is 0.00971 e. The summed E-state index contributed by atoms with van der Waals surface area (Å²) in [5.74, 6) is 0. The molecule has 1 nitrogen and oxygen atoms in total. The third-order valence-electron chi connectivity index (χ3n) is 1.93. The van der Waals surface area contributed by atoms with Crippen LogP contribution in [0.5, 0.6) is 0 Å². The summed E-state index contributed by atoms with van der Waals surface area (Å²) in [5, 5.41) is 0. The summed E-state index contributed by atoms with van der Waals surface area (Å²) in [6.45, 7) is 2.46. The molecule has 0 aromatic rings. The van der Waals surface area contributed by atoms with Crippen molar-refractivity contribution in [2.45, 2.75) is 32.1 Å². The largest absolute Gasteiger partial charge is 0.241 e. The third kappa shape index (κ3) is 3.17. The van der Waals surface area contributed by atoms with Gasteiger partial charge in [-0.15, -0.1) is 0 Å². The van der Waals surface area contributed by atoms with Gasteiger partial charge in [0.25, 0.3) is 0 Å². The summed E-state index contributed by atoms with van der Waals surface area (Å²) in [7, 11) is 1.60. The van der Waals surface area contributed by atoms with Gasteiger partial charge < -0.3 is 0 Å². The van der Waals surface area contributed by atoms with Crippen LogP contribution in [-0.2, 0) is 0 Å². The lowest BCUT2D eigenvalue weighted by molar-refractivity contribution is 0.401. The van der Waals surface area contributed by atoms with Gasteiger partial charge in [0.15, 0.2) is 0 Å². The standard InChI is InChI=1S/C7H15NS2/c9-10-8-6-4-2-1-3-5-7-8/h9H,1-7H2. The van der Waals surface area contributed by atoms with Crippen molar-refractivity contribution < 1.29 is 0 Å². The first-order valence-corrected chi connectivity index (χ1v) is 5.82. The maximum absolute atomic E-state index is 4.19. The zero-order valence-corrected chi connectivity index (χ0v) is 7.96. The molecule has 1 aliphatic rings. The lowest BCUT2D eigenvalue weighted by Crippen LogP contribution is -2.18. The van der Waals surface area contributed by atoms with E-state index in [0.717, 1.165) is 0 Å². The molecule has 1 saturated heterocycles. The van der Waals surface area contributed by atoms with Crippen LogP contribution < -0.4 is 0 Å². The monoisotopic (exact) mass is 177 g/mol. The van der Waals surface area contributed by atoms with E-state index in [1.54, 1.807) is 11.0 Å². The van der Waals surface area contributed by atoms with Crippen molar-refractivity contribution in [2.24, 2.45) is 0 Å². The molecule has 0 aromatic heterocycles. The van der Waals surface area contributed by atoms with Gasteiger partial charge in [0, 0.05) is 13.1 Å². The van der Waals surface area contributed by atoms with Gasteiger partial charge in [0.2, 0.25) is 0 Å². The summed E-state index contributed by atoms with van der Waals surface area (Å²) in [5.41, 5.74) is 0. The molecule has 0 saturated carbocycles. The Kier molecular flexibility index (Phi) is 4.66. The van der Waals surface area contributed by atoms with Crippen molar-refractivity contribution in [2.75, 3.05) is 13.1 Å². The van der Waals surface area contributed by atoms with E-state index in [1.165, 1.54) is 45.2 Å². The van der Waals surface area contributed by atoms with Gasteiger partial charge in [-0.25, -0.2) is 4.31 Å². The fourth-order valence-corrected chi connectivity index (χ4v) is 2.21. The van der Waals surface area contributed by atoms with Gasteiger partial charge in [0.05, 0.1) is 0 Å². The minimum atomic E-state index is 1.23. The Hall–Kier alpha value is 0.660. The Morgan fingerprint density at radius 3 is 1.90 bits per heavy atom. The predicted octanol–water partition coefficient (Wildman–Crippen LogP) is 2.75. The van der Waals surface area contributed by atoms with E-state index in [-0.39, 0.29) is 0 Å². The third-order valence-corrected chi connectivity index (χ3v) is 3.22. The van der Waals surface area contributed by atoms with E-state index in [0.29, 0.717) is 0 Å².